The minimum Gasteiger partial charge on any atom is -0.454 e. The Kier molecular flexibility index (Phi) is 2.80. The van der Waals surface area contributed by atoms with Gasteiger partial charge >= 0.3 is 0 Å². The van der Waals surface area contributed by atoms with Gasteiger partial charge in [0.2, 0.25) is 12.7 Å². The molecule has 1 saturated carbocycles. The second-order valence-electron chi connectivity index (χ2n) is 5.34. The first kappa shape index (κ1) is 12.3. The fourth-order valence-electron chi connectivity index (χ4n) is 2.17. The molecule has 0 bridgehead atoms. The van der Waals surface area contributed by atoms with Crippen LogP contribution in [-0.4, -0.2) is 22.8 Å². The number of benzene rings is 1. The highest BCUT2D eigenvalue weighted by molar-refractivity contribution is 5.61. The molecule has 0 spiro atoms. The SMILES string of the molecule is Cc1cnc(Nc2ccc3c(c2)OCO3)nc1NC1CC1. The van der Waals surface area contributed by atoms with Crippen LogP contribution in [0.25, 0.3) is 0 Å². The summed E-state index contributed by atoms with van der Waals surface area (Å²) in [4.78, 5) is 8.86. The molecule has 1 aromatic heterocycles. The number of aryl methyl sites for hydroxylation is 1. The van der Waals surface area contributed by atoms with Crippen molar-refractivity contribution in [1.82, 2.24) is 9.97 Å². The van der Waals surface area contributed by atoms with Crippen LogP contribution in [0.15, 0.2) is 24.4 Å². The number of hydrogen-bond acceptors (Lipinski definition) is 6. The van der Waals surface area contributed by atoms with Gasteiger partial charge in [0.05, 0.1) is 0 Å². The van der Waals surface area contributed by atoms with Gasteiger partial charge in [-0.25, -0.2) is 4.98 Å². The van der Waals surface area contributed by atoms with Gasteiger partial charge < -0.3 is 20.1 Å². The van der Waals surface area contributed by atoms with Crippen molar-refractivity contribution in [1.29, 1.82) is 0 Å². The zero-order valence-corrected chi connectivity index (χ0v) is 11.7. The van der Waals surface area contributed by atoms with Gasteiger partial charge in [0, 0.05) is 29.6 Å². The average Bonchev–Trinajstić information content (AvgIpc) is 3.17. The molecule has 1 aliphatic carbocycles. The van der Waals surface area contributed by atoms with Crippen molar-refractivity contribution in [3.63, 3.8) is 0 Å². The summed E-state index contributed by atoms with van der Waals surface area (Å²) in [6.45, 7) is 2.28. The Labute approximate surface area is 122 Å². The zero-order chi connectivity index (χ0) is 14.2. The quantitative estimate of drug-likeness (QED) is 0.899. The molecule has 1 fully saturated rings. The molecule has 6 heteroatoms. The van der Waals surface area contributed by atoms with E-state index in [0.29, 0.717) is 12.0 Å². The van der Waals surface area contributed by atoms with E-state index in [-0.39, 0.29) is 6.79 Å². The second-order valence-corrected chi connectivity index (χ2v) is 5.34. The Morgan fingerprint density at radius 1 is 1.19 bits per heavy atom. The molecule has 2 N–H and O–H groups in total. The maximum atomic E-state index is 5.37. The van der Waals surface area contributed by atoms with Crippen LogP contribution in [-0.2, 0) is 0 Å². The molecule has 108 valence electrons. The van der Waals surface area contributed by atoms with E-state index >= 15 is 0 Å². The van der Waals surface area contributed by atoms with E-state index < -0.39 is 0 Å². The van der Waals surface area contributed by atoms with Crippen molar-refractivity contribution >= 4 is 17.5 Å². The largest absolute Gasteiger partial charge is 0.454 e. The fraction of sp³-hybridized carbons (Fsp3) is 0.333. The molecule has 0 radical (unpaired) electrons. The summed E-state index contributed by atoms with van der Waals surface area (Å²) in [5, 5.41) is 6.61. The summed E-state index contributed by atoms with van der Waals surface area (Å²) in [5.74, 6) is 2.98. The fourth-order valence-corrected chi connectivity index (χ4v) is 2.17. The molecular formula is C15H16N4O2. The Morgan fingerprint density at radius 3 is 2.90 bits per heavy atom. The molecule has 0 amide bonds. The average molecular weight is 284 g/mol. The number of aromatic nitrogens is 2. The van der Waals surface area contributed by atoms with E-state index in [1.165, 1.54) is 12.8 Å². The third-order valence-electron chi connectivity index (χ3n) is 3.52. The Morgan fingerprint density at radius 2 is 2.05 bits per heavy atom. The lowest BCUT2D eigenvalue weighted by atomic mass is 10.3. The topological polar surface area (TPSA) is 68.3 Å². The number of hydrogen-bond donors (Lipinski definition) is 2. The lowest BCUT2D eigenvalue weighted by Crippen LogP contribution is -2.07. The minimum absolute atomic E-state index is 0.273. The van der Waals surface area contributed by atoms with Crippen molar-refractivity contribution < 1.29 is 9.47 Å². The van der Waals surface area contributed by atoms with E-state index in [9.17, 15) is 0 Å². The highest BCUT2D eigenvalue weighted by atomic mass is 16.7. The molecule has 1 aromatic carbocycles. The van der Waals surface area contributed by atoms with Crippen LogP contribution in [0.4, 0.5) is 17.5 Å². The standard InChI is InChI=1S/C15H16N4O2/c1-9-7-16-15(19-14(9)17-10-2-3-10)18-11-4-5-12-13(6-11)21-8-20-12/h4-7,10H,2-3,8H2,1H3,(H2,16,17,18,19). The van der Waals surface area contributed by atoms with E-state index in [2.05, 4.69) is 20.6 Å². The molecule has 0 saturated heterocycles. The third kappa shape index (κ3) is 2.56. The number of rotatable bonds is 4. The van der Waals surface area contributed by atoms with Crippen molar-refractivity contribution in [2.24, 2.45) is 0 Å². The molecular weight excluding hydrogens is 268 g/mol. The molecule has 0 atom stereocenters. The molecule has 0 unspecified atom stereocenters. The van der Waals surface area contributed by atoms with E-state index in [0.717, 1.165) is 28.6 Å². The van der Waals surface area contributed by atoms with Crippen molar-refractivity contribution in [3.05, 3.63) is 30.0 Å². The number of nitrogens with one attached hydrogen (secondary N) is 2. The lowest BCUT2D eigenvalue weighted by Gasteiger charge is -2.10. The minimum atomic E-state index is 0.273. The summed E-state index contributed by atoms with van der Waals surface area (Å²) < 4.78 is 10.7. The highest BCUT2D eigenvalue weighted by Crippen LogP contribution is 2.35. The smallest absolute Gasteiger partial charge is 0.231 e. The first-order chi connectivity index (χ1) is 10.3. The van der Waals surface area contributed by atoms with Crippen molar-refractivity contribution in [2.45, 2.75) is 25.8 Å². The van der Waals surface area contributed by atoms with Crippen LogP contribution in [0, 0.1) is 6.92 Å². The molecule has 21 heavy (non-hydrogen) atoms. The van der Waals surface area contributed by atoms with E-state index in [4.69, 9.17) is 9.47 Å². The highest BCUT2D eigenvalue weighted by Gasteiger charge is 2.22. The zero-order valence-electron chi connectivity index (χ0n) is 11.7. The van der Waals surface area contributed by atoms with Gasteiger partial charge in [0.25, 0.3) is 0 Å². The molecule has 2 aromatic rings. The molecule has 2 heterocycles. The maximum Gasteiger partial charge on any atom is 0.231 e. The normalized spacial score (nSPS) is 15.9. The van der Waals surface area contributed by atoms with Crippen LogP contribution in [0.1, 0.15) is 18.4 Å². The van der Waals surface area contributed by atoms with Crippen LogP contribution in [0.3, 0.4) is 0 Å². The molecule has 4 rings (SSSR count). The summed E-state index contributed by atoms with van der Waals surface area (Å²) in [5.41, 5.74) is 1.93. The van der Waals surface area contributed by atoms with Gasteiger partial charge in [-0.1, -0.05) is 0 Å². The molecule has 2 aliphatic rings. The van der Waals surface area contributed by atoms with Crippen molar-refractivity contribution in [2.75, 3.05) is 17.4 Å². The number of ether oxygens (including phenoxy) is 2. The van der Waals surface area contributed by atoms with Crippen LogP contribution < -0.4 is 20.1 Å². The van der Waals surface area contributed by atoms with Gasteiger partial charge in [-0.2, -0.15) is 4.98 Å². The number of fused-ring (bicyclic) bond motifs is 1. The Hall–Kier alpha value is -2.50. The third-order valence-corrected chi connectivity index (χ3v) is 3.52. The van der Waals surface area contributed by atoms with Gasteiger partial charge in [-0.15, -0.1) is 0 Å². The van der Waals surface area contributed by atoms with Crippen LogP contribution in [0.2, 0.25) is 0 Å². The Balaban J connectivity index is 1.56. The monoisotopic (exact) mass is 284 g/mol. The predicted molar refractivity (Wildman–Crippen MR) is 79.3 cm³/mol. The van der Waals surface area contributed by atoms with Gasteiger partial charge in [-0.3, -0.25) is 0 Å². The van der Waals surface area contributed by atoms with Crippen LogP contribution >= 0.6 is 0 Å². The maximum absolute atomic E-state index is 5.37. The van der Waals surface area contributed by atoms with E-state index in [1.807, 2.05) is 31.3 Å². The van der Waals surface area contributed by atoms with E-state index in [1.54, 1.807) is 0 Å². The van der Waals surface area contributed by atoms with Crippen molar-refractivity contribution in [3.8, 4) is 11.5 Å². The summed E-state index contributed by atoms with van der Waals surface area (Å²) in [7, 11) is 0. The van der Waals surface area contributed by atoms with Gasteiger partial charge in [0.15, 0.2) is 11.5 Å². The first-order valence-corrected chi connectivity index (χ1v) is 7.05. The summed E-state index contributed by atoms with van der Waals surface area (Å²) >= 11 is 0. The van der Waals surface area contributed by atoms with Crippen LogP contribution in [0.5, 0.6) is 11.5 Å². The summed E-state index contributed by atoms with van der Waals surface area (Å²) in [6, 6.07) is 6.25. The van der Waals surface area contributed by atoms with Gasteiger partial charge in [-0.05, 0) is 31.9 Å². The lowest BCUT2D eigenvalue weighted by molar-refractivity contribution is 0.174. The number of nitrogens with zero attached hydrogens (tertiary/aromatic N) is 2. The summed E-state index contributed by atoms with van der Waals surface area (Å²) in [6.07, 6.45) is 4.26. The predicted octanol–water partition coefficient (Wildman–Crippen LogP) is 2.83. The Bertz CT molecular complexity index is 685. The second kappa shape index (κ2) is 4.80. The first-order valence-electron chi connectivity index (χ1n) is 7.05. The molecule has 6 nitrogen and oxygen atoms in total. The number of anilines is 3. The van der Waals surface area contributed by atoms with Gasteiger partial charge in [0.1, 0.15) is 5.82 Å². The molecule has 1 aliphatic heterocycles.